The van der Waals surface area contributed by atoms with Crippen LogP contribution in [0, 0.1) is 17.3 Å². The highest BCUT2D eigenvalue weighted by Gasteiger charge is 2.31. The van der Waals surface area contributed by atoms with E-state index in [0.717, 1.165) is 31.3 Å². The van der Waals surface area contributed by atoms with Gasteiger partial charge in [-0.3, -0.25) is 0 Å². The molecule has 2 N–H and O–H groups in total. The number of nitrogens with two attached hydrogens (primary N) is 1. The van der Waals surface area contributed by atoms with Gasteiger partial charge in [0.1, 0.15) is 0 Å². The zero-order chi connectivity index (χ0) is 12.9. The fourth-order valence-electron chi connectivity index (χ4n) is 3.11. The van der Waals surface area contributed by atoms with Crippen LogP contribution in [-0.4, -0.2) is 19.8 Å². The van der Waals surface area contributed by atoms with Crippen molar-refractivity contribution in [3.63, 3.8) is 0 Å². The molecule has 1 unspecified atom stereocenters. The van der Waals surface area contributed by atoms with Gasteiger partial charge in [0, 0.05) is 19.8 Å². The molecule has 102 valence electrons. The summed E-state index contributed by atoms with van der Waals surface area (Å²) in [6, 6.07) is 0.395. The molecule has 0 radical (unpaired) electrons. The van der Waals surface area contributed by atoms with Crippen LogP contribution in [0.3, 0.4) is 0 Å². The lowest BCUT2D eigenvalue weighted by molar-refractivity contribution is 0.133. The molecule has 2 heteroatoms. The first-order valence-corrected chi connectivity index (χ1v) is 7.19. The number of methoxy groups -OCH3 is 1. The Bertz CT molecular complexity index is 201. The monoisotopic (exact) mass is 241 g/mol. The minimum absolute atomic E-state index is 0.395. The summed E-state index contributed by atoms with van der Waals surface area (Å²) in [4.78, 5) is 0. The Kier molecular flexibility index (Phi) is 5.94. The highest BCUT2D eigenvalue weighted by Crippen LogP contribution is 2.40. The Morgan fingerprint density at radius 3 is 2.24 bits per heavy atom. The van der Waals surface area contributed by atoms with Crippen molar-refractivity contribution in [2.75, 3.05) is 13.7 Å². The first-order chi connectivity index (χ1) is 7.95. The maximum atomic E-state index is 6.29. The van der Waals surface area contributed by atoms with E-state index < -0.39 is 0 Å². The predicted molar refractivity (Wildman–Crippen MR) is 74.0 cm³/mol. The van der Waals surface area contributed by atoms with Crippen molar-refractivity contribution in [3.05, 3.63) is 0 Å². The van der Waals surface area contributed by atoms with Crippen LogP contribution >= 0.6 is 0 Å². The summed E-state index contributed by atoms with van der Waals surface area (Å²) in [7, 11) is 1.76. The number of hydrogen-bond acceptors (Lipinski definition) is 2. The molecule has 1 aliphatic carbocycles. The molecule has 0 aromatic rings. The average Bonchev–Trinajstić information content (AvgIpc) is 2.28. The van der Waals surface area contributed by atoms with Crippen LogP contribution in [-0.2, 0) is 4.74 Å². The summed E-state index contributed by atoms with van der Waals surface area (Å²) in [6.45, 7) is 7.97. The summed E-state index contributed by atoms with van der Waals surface area (Å²) in [5.41, 5.74) is 6.77. The summed E-state index contributed by atoms with van der Waals surface area (Å²) < 4.78 is 5.09. The van der Waals surface area contributed by atoms with E-state index >= 15 is 0 Å². The third kappa shape index (κ3) is 4.97. The topological polar surface area (TPSA) is 35.2 Å². The third-order valence-electron chi connectivity index (χ3n) is 4.49. The van der Waals surface area contributed by atoms with Crippen LogP contribution in [0.15, 0.2) is 0 Å². The molecule has 17 heavy (non-hydrogen) atoms. The van der Waals surface area contributed by atoms with E-state index in [-0.39, 0.29) is 0 Å². The van der Waals surface area contributed by atoms with Crippen molar-refractivity contribution in [2.45, 2.75) is 65.3 Å². The largest absolute Gasteiger partial charge is 0.385 e. The van der Waals surface area contributed by atoms with Crippen molar-refractivity contribution in [2.24, 2.45) is 23.0 Å². The fourth-order valence-corrected chi connectivity index (χ4v) is 3.11. The van der Waals surface area contributed by atoms with Crippen molar-refractivity contribution in [1.82, 2.24) is 0 Å². The first-order valence-electron chi connectivity index (χ1n) is 7.19. The summed E-state index contributed by atoms with van der Waals surface area (Å²) in [5, 5.41) is 0. The second kappa shape index (κ2) is 6.75. The normalized spacial score (nSPS) is 28.1. The van der Waals surface area contributed by atoms with Gasteiger partial charge >= 0.3 is 0 Å². The Morgan fingerprint density at radius 2 is 1.76 bits per heavy atom. The van der Waals surface area contributed by atoms with Gasteiger partial charge in [-0.2, -0.15) is 0 Å². The molecule has 1 saturated carbocycles. The summed E-state index contributed by atoms with van der Waals surface area (Å²) in [5.74, 6) is 1.65. The van der Waals surface area contributed by atoms with Crippen LogP contribution in [0.2, 0.25) is 0 Å². The molecule has 0 bridgehead atoms. The zero-order valence-electron chi connectivity index (χ0n) is 12.2. The van der Waals surface area contributed by atoms with E-state index in [1.54, 1.807) is 7.11 Å². The van der Waals surface area contributed by atoms with E-state index in [9.17, 15) is 0 Å². The Hall–Kier alpha value is -0.0800. The Labute approximate surface area is 107 Å². The van der Waals surface area contributed by atoms with Gasteiger partial charge < -0.3 is 10.5 Å². The molecular formula is C15H31NO. The fraction of sp³-hybridized carbons (Fsp3) is 1.00. The lowest BCUT2D eigenvalue weighted by Crippen LogP contribution is -2.35. The van der Waals surface area contributed by atoms with Crippen molar-refractivity contribution >= 4 is 0 Å². The molecule has 0 saturated heterocycles. The number of ether oxygens (including phenoxy) is 1. The summed E-state index contributed by atoms with van der Waals surface area (Å²) >= 11 is 0. The van der Waals surface area contributed by atoms with Gasteiger partial charge in [0.05, 0.1) is 0 Å². The summed E-state index contributed by atoms with van der Waals surface area (Å²) in [6.07, 6.45) is 7.63. The van der Waals surface area contributed by atoms with Gasteiger partial charge in [-0.05, 0) is 55.8 Å². The van der Waals surface area contributed by atoms with Gasteiger partial charge in [0.15, 0.2) is 0 Å². The molecule has 0 aromatic heterocycles. The highest BCUT2D eigenvalue weighted by molar-refractivity contribution is 4.84. The highest BCUT2D eigenvalue weighted by atomic mass is 16.5. The lowest BCUT2D eigenvalue weighted by Gasteiger charge is -2.38. The molecule has 1 atom stereocenters. The molecule has 0 amide bonds. The second-order valence-electron chi connectivity index (χ2n) is 6.78. The van der Waals surface area contributed by atoms with E-state index in [1.165, 1.54) is 25.7 Å². The molecular weight excluding hydrogens is 210 g/mol. The Morgan fingerprint density at radius 1 is 1.18 bits per heavy atom. The van der Waals surface area contributed by atoms with Crippen LogP contribution in [0.4, 0.5) is 0 Å². The third-order valence-corrected chi connectivity index (χ3v) is 4.49. The van der Waals surface area contributed by atoms with E-state index in [1.807, 2.05) is 0 Å². The SMILES string of the molecule is COCCCC(N)C1CCC(C(C)(C)C)CC1. The maximum absolute atomic E-state index is 6.29. The predicted octanol–water partition coefficient (Wildman–Crippen LogP) is 3.59. The standard InChI is InChI=1S/C15H31NO/c1-15(2,3)13-9-7-12(8-10-13)14(16)6-5-11-17-4/h12-14H,5-11,16H2,1-4H3. The van der Waals surface area contributed by atoms with Crippen molar-refractivity contribution in [3.8, 4) is 0 Å². The molecule has 1 aliphatic rings. The minimum Gasteiger partial charge on any atom is -0.385 e. The zero-order valence-corrected chi connectivity index (χ0v) is 12.2. The molecule has 0 spiro atoms. The number of rotatable bonds is 5. The molecule has 2 nitrogen and oxygen atoms in total. The van der Waals surface area contributed by atoms with E-state index in [2.05, 4.69) is 20.8 Å². The lowest BCUT2D eigenvalue weighted by atomic mass is 9.68. The van der Waals surface area contributed by atoms with Crippen molar-refractivity contribution < 1.29 is 4.74 Å². The second-order valence-corrected chi connectivity index (χ2v) is 6.78. The quantitative estimate of drug-likeness (QED) is 0.747. The average molecular weight is 241 g/mol. The van der Waals surface area contributed by atoms with Gasteiger partial charge in [-0.15, -0.1) is 0 Å². The van der Waals surface area contributed by atoms with Gasteiger partial charge in [0.2, 0.25) is 0 Å². The molecule has 1 fully saturated rings. The van der Waals surface area contributed by atoms with Crippen LogP contribution in [0.1, 0.15) is 59.3 Å². The van der Waals surface area contributed by atoms with Gasteiger partial charge in [0.25, 0.3) is 0 Å². The number of hydrogen-bond donors (Lipinski definition) is 1. The van der Waals surface area contributed by atoms with Crippen LogP contribution in [0.25, 0.3) is 0 Å². The van der Waals surface area contributed by atoms with Gasteiger partial charge in [-0.25, -0.2) is 0 Å². The molecule has 0 aliphatic heterocycles. The maximum Gasteiger partial charge on any atom is 0.0462 e. The molecule has 1 rings (SSSR count). The van der Waals surface area contributed by atoms with Gasteiger partial charge in [-0.1, -0.05) is 20.8 Å². The first kappa shape index (κ1) is 15.0. The Balaban J connectivity index is 2.26. The molecule has 0 aromatic carbocycles. The van der Waals surface area contributed by atoms with Crippen molar-refractivity contribution in [1.29, 1.82) is 0 Å². The smallest absolute Gasteiger partial charge is 0.0462 e. The molecule has 0 heterocycles. The van der Waals surface area contributed by atoms with Crippen LogP contribution in [0.5, 0.6) is 0 Å². The van der Waals surface area contributed by atoms with Crippen LogP contribution < -0.4 is 5.73 Å². The van der Waals surface area contributed by atoms with E-state index in [0.29, 0.717) is 11.5 Å². The minimum atomic E-state index is 0.395. The van der Waals surface area contributed by atoms with E-state index in [4.69, 9.17) is 10.5 Å².